The topological polar surface area (TPSA) is 80.3 Å². The Bertz CT molecular complexity index is 375. The van der Waals surface area contributed by atoms with Crippen LogP contribution in [0.5, 0.6) is 0 Å². The van der Waals surface area contributed by atoms with E-state index in [9.17, 15) is 9.13 Å². The molecular weight excluding hydrogens is 318 g/mol. The van der Waals surface area contributed by atoms with Gasteiger partial charge in [0.15, 0.2) is 0 Å². The van der Waals surface area contributed by atoms with Gasteiger partial charge in [0.1, 0.15) is 0 Å². The molecule has 0 aromatic carbocycles. The van der Waals surface area contributed by atoms with E-state index < -0.39 is 15.6 Å². The Labute approximate surface area is 125 Å². The van der Waals surface area contributed by atoms with Crippen LogP contribution in [0.15, 0.2) is 50.6 Å². The second-order valence-corrected chi connectivity index (χ2v) is 6.79. The van der Waals surface area contributed by atoms with Crippen molar-refractivity contribution in [2.45, 2.75) is 0 Å². The van der Waals surface area contributed by atoms with Crippen molar-refractivity contribution in [1.29, 1.82) is 0 Å². The van der Waals surface area contributed by atoms with Crippen molar-refractivity contribution < 1.29 is 31.5 Å². The van der Waals surface area contributed by atoms with Crippen LogP contribution in [-0.4, -0.2) is 26.4 Å². The van der Waals surface area contributed by atoms with Crippen molar-refractivity contribution in [2.24, 2.45) is 0 Å². The summed E-state index contributed by atoms with van der Waals surface area (Å²) in [6.07, 6.45) is 5.31. The molecule has 0 aromatic rings. The minimum absolute atomic E-state index is 0.142. The van der Waals surface area contributed by atoms with Crippen molar-refractivity contribution in [2.75, 3.05) is 26.4 Å². The Balaban J connectivity index is 5.06. The Morgan fingerprint density at radius 3 is 1.05 bits per heavy atom. The summed E-state index contributed by atoms with van der Waals surface area (Å²) in [5.41, 5.74) is 0. The number of phosphoric acid groups is 2. The van der Waals surface area contributed by atoms with Crippen LogP contribution in [0.3, 0.4) is 0 Å². The summed E-state index contributed by atoms with van der Waals surface area (Å²) in [6.45, 7) is 13.1. The van der Waals surface area contributed by atoms with E-state index in [1.807, 2.05) is 0 Å². The highest BCUT2D eigenvalue weighted by atomic mass is 31.3. The van der Waals surface area contributed by atoms with Crippen molar-refractivity contribution in [3.05, 3.63) is 50.6 Å². The van der Waals surface area contributed by atoms with Gasteiger partial charge in [0, 0.05) is 0 Å². The first kappa shape index (κ1) is 20.2. The molecule has 7 nitrogen and oxygen atoms in total. The second kappa shape index (κ2) is 10.9. The van der Waals surface area contributed by atoms with Crippen LogP contribution in [0, 0.1) is 0 Å². The highest BCUT2D eigenvalue weighted by molar-refractivity contribution is 7.62. The molecule has 9 heteroatoms. The molecule has 0 heterocycles. The molecule has 120 valence electrons. The highest BCUT2D eigenvalue weighted by Gasteiger charge is 2.40. The fourth-order valence-electron chi connectivity index (χ4n) is 0.867. The van der Waals surface area contributed by atoms with Gasteiger partial charge in [-0.25, -0.2) is 9.13 Å². The van der Waals surface area contributed by atoms with E-state index in [1.54, 1.807) is 0 Å². The lowest BCUT2D eigenvalue weighted by molar-refractivity contribution is 0.131. The standard InChI is InChI=1S/C12H20O7P2/c1-5-9-15-20(13,16-10-6-2)19-21(14,17-11-7-3)18-12-8-4/h5-8H,1-4,9-12H2. The lowest BCUT2D eigenvalue weighted by Gasteiger charge is -2.21. The van der Waals surface area contributed by atoms with E-state index >= 15 is 0 Å². The summed E-state index contributed by atoms with van der Waals surface area (Å²) in [5, 5.41) is 0. The fraction of sp³-hybridized carbons (Fsp3) is 0.333. The molecule has 0 amide bonds. The molecule has 0 aliphatic heterocycles. The first-order valence-electron chi connectivity index (χ1n) is 5.88. The quantitative estimate of drug-likeness (QED) is 0.349. The Morgan fingerprint density at radius 1 is 0.619 bits per heavy atom. The number of hydrogen-bond donors (Lipinski definition) is 0. The van der Waals surface area contributed by atoms with Gasteiger partial charge in [0.2, 0.25) is 0 Å². The van der Waals surface area contributed by atoms with Crippen molar-refractivity contribution in [3.63, 3.8) is 0 Å². The number of phosphoric ester groups is 2. The van der Waals surface area contributed by atoms with Gasteiger partial charge in [-0.2, -0.15) is 4.31 Å². The normalized spacial score (nSPS) is 11.8. The molecule has 0 saturated heterocycles. The van der Waals surface area contributed by atoms with Crippen LogP contribution >= 0.6 is 15.6 Å². The molecule has 0 bridgehead atoms. The van der Waals surface area contributed by atoms with E-state index in [2.05, 4.69) is 26.3 Å². The fourth-order valence-corrected chi connectivity index (χ4v) is 3.90. The summed E-state index contributed by atoms with van der Waals surface area (Å²) in [6, 6.07) is 0. The van der Waals surface area contributed by atoms with E-state index in [1.165, 1.54) is 24.3 Å². The number of rotatable bonds is 14. The molecule has 0 unspecified atom stereocenters. The maximum absolute atomic E-state index is 12.3. The Hall–Kier alpha value is -0.780. The molecular formula is C12H20O7P2. The molecule has 0 spiro atoms. The summed E-state index contributed by atoms with van der Waals surface area (Å²) < 4.78 is 49.1. The maximum Gasteiger partial charge on any atom is 0.484 e. The number of hydrogen-bond acceptors (Lipinski definition) is 7. The van der Waals surface area contributed by atoms with Crippen molar-refractivity contribution in [3.8, 4) is 0 Å². The Kier molecular flexibility index (Phi) is 10.5. The third kappa shape index (κ3) is 8.96. The van der Waals surface area contributed by atoms with E-state index in [4.69, 9.17) is 22.4 Å². The van der Waals surface area contributed by atoms with Crippen LogP contribution in [0.4, 0.5) is 0 Å². The third-order valence-electron chi connectivity index (χ3n) is 1.60. The van der Waals surface area contributed by atoms with E-state index in [0.717, 1.165) is 0 Å². The predicted octanol–water partition coefficient (Wildman–Crippen LogP) is 4.03. The molecule has 0 aliphatic rings. The van der Waals surface area contributed by atoms with Crippen LogP contribution in [0.25, 0.3) is 0 Å². The lowest BCUT2D eigenvalue weighted by Crippen LogP contribution is -2.04. The van der Waals surface area contributed by atoms with Gasteiger partial charge in [-0.3, -0.25) is 18.1 Å². The Morgan fingerprint density at radius 2 is 0.857 bits per heavy atom. The molecule has 0 rings (SSSR count). The third-order valence-corrected chi connectivity index (χ3v) is 5.06. The summed E-state index contributed by atoms with van der Waals surface area (Å²) in [4.78, 5) is 0. The summed E-state index contributed by atoms with van der Waals surface area (Å²) in [7, 11) is -8.36. The van der Waals surface area contributed by atoms with Gasteiger partial charge in [0.25, 0.3) is 0 Å². The van der Waals surface area contributed by atoms with Gasteiger partial charge >= 0.3 is 15.6 Å². The average molecular weight is 338 g/mol. The van der Waals surface area contributed by atoms with Crippen molar-refractivity contribution in [1.82, 2.24) is 0 Å². The van der Waals surface area contributed by atoms with E-state index in [0.29, 0.717) is 0 Å². The summed E-state index contributed by atoms with van der Waals surface area (Å²) >= 11 is 0. The second-order valence-electron chi connectivity index (χ2n) is 3.31. The molecule has 0 aliphatic carbocycles. The smallest absolute Gasteiger partial charge is 0.282 e. The molecule has 0 N–H and O–H groups in total. The highest BCUT2D eigenvalue weighted by Crippen LogP contribution is 2.65. The van der Waals surface area contributed by atoms with Crippen LogP contribution in [0.1, 0.15) is 0 Å². The molecule has 0 radical (unpaired) electrons. The first-order chi connectivity index (χ1) is 9.95. The predicted molar refractivity (Wildman–Crippen MR) is 80.9 cm³/mol. The zero-order valence-electron chi connectivity index (χ0n) is 11.7. The van der Waals surface area contributed by atoms with Crippen molar-refractivity contribution >= 4 is 15.6 Å². The first-order valence-corrected chi connectivity index (χ1v) is 8.80. The van der Waals surface area contributed by atoms with Gasteiger partial charge in [-0.05, 0) is 0 Å². The lowest BCUT2D eigenvalue weighted by atomic mass is 10.7. The molecule has 21 heavy (non-hydrogen) atoms. The molecule has 0 aromatic heterocycles. The SMILES string of the molecule is C=CCOP(=O)(OCC=C)OP(=O)(OCC=C)OCC=C. The van der Waals surface area contributed by atoms with Gasteiger partial charge < -0.3 is 0 Å². The van der Waals surface area contributed by atoms with Crippen LogP contribution in [0.2, 0.25) is 0 Å². The molecule has 0 atom stereocenters. The minimum Gasteiger partial charge on any atom is -0.282 e. The van der Waals surface area contributed by atoms with Crippen LogP contribution < -0.4 is 0 Å². The van der Waals surface area contributed by atoms with Gasteiger partial charge in [0.05, 0.1) is 26.4 Å². The minimum atomic E-state index is -4.18. The molecule has 0 saturated carbocycles. The molecule has 0 fully saturated rings. The average Bonchev–Trinajstić information content (AvgIpc) is 2.47. The monoisotopic (exact) mass is 338 g/mol. The zero-order chi connectivity index (χ0) is 16.2. The van der Waals surface area contributed by atoms with E-state index in [-0.39, 0.29) is 26.4 Å². The van der Waals surface area contributed by atoms with Crippen LogP contribution in [-0.2, 0) is 31.5 Å². The summed E-state index contributed by atoms with van der Waals surface area (Å²) in [5.74, 6) is 0. The van der Waals surface area contributed by atoms with Gasteiger partial charge in [-0.1, -0.05) is 24.3 Å². The van der Waals surface area contributed by atoms with Gasteiger partial charge in [-0.15, -0.1) is 26.3 Å². The zero-order valence-corrected chi connectivity index (χ0v) is 13.5. The maximum atomic E-state index is 12.3. The largest absolute Gasteiger partial charge is 0.484 e.